The van der Waals surface area contributed by atoms with Gasteiger partial charge in [-0.1, -0.05) is 0 Å². The fraction of sp³-hybridized carbons (Fsp3) is 0.500. The first-order chi connectivity index (χ1) is 8.24. The van der Waals surface area contributed by atoms with E-state index in [1.165, 1.54) is 0 Å². The first-order valence-electron chi connectivity index (χ1n) is 5.61. The van der Waals surface area contributed by atoms with Crippen LogP contribution >= 0.6 is 15.9 Å². The second kappa shape index (κ2) is 5.46. The summed E-state index contributed by atoms with van der Waals surface area (Å²) in [4.78, 5) is 6.35. The fourth-order valence-corrected chi connectivity index (χ4v) is 2.40. The Balaban J connectivity index is 2.16. The van der Waals surface area contributed by atoms with Crippen LogP contribution in [0.3, 0.4) is 0 Å². The summed E-state index contributed by atoms with van der Waals surface area (Å²) in [6.07, 6.45) is 3.36. The highest BCUT2D eigenvalue weighted by molar-refractivity contribution is 9.10. The minimum Gasteiger partial charge on any atom is -0.356 e. The maximum absolute atomic E-state index is 12.5. The van der Waals surface area contributed by atoms with Gasteiger partial charge in [0.25, 0.3) is 0 Å². The normalized spacial score (nSPS) is 16.9. The number of anilines is 1. The number of nitriles is 1. The molecule has 0 bridgehead atoms. The van der Waals surface area contributed by atoms with Crippen molar-refractivity contribution >= 4 is 21.7 Å². The molecule has 1 aromatic rings. The van der Waals surface area contributed by atoms with Crippen molar-refractivity contribution in [2.24, 2.45) is 5.92 Å². The maximum atomic E-state index is 12.5. The molecule has 0 unspecified atom stereocenters. The van der Waals surface area contributed by atoms with Crippen molar-refractivity contribution in [3.8, 4) is 6.07 Å². The van der Waals surface area contributed by atoms with Gasteiger partial charge in [-0.05, 0) is 40.8 Å². The van der Waals surface area contributed by atoms with E-state index in [1.54, 1.807) is 12.3 Å². The van der Waals surface area contributed by atoms with Gasteiger partial charge in [0.1, 0.15) is 11.9 Å². The van der Waals surface area contributed by atoms with Crippen LogP contribution in [0.1, 0.15) is 18.4 Å². The van der Waals surface area contributed by atoms with Gasteiger partial charge in [-0.25, -0.2) is 4.98 Å². The van der Waals surface area contributed by atoms with Crippen molar-refractivity contribution in [2.75, 3.05) is 24.7 Å². The second-order valence-electron chi connectivity index (χ2n) is 4.22. The number of aromatic nitrogens is 1. The number of rotatable bonds is 2. The molecule has 3 nitrogen and oxygen atoms in total. The molecule has 0 aromatic carbocycles. The molecule has 1 saturated heterocycles. The van der Waals surface area contributed by atoms with Crippen molar-refractivity contribution in [2.45, 2.75) is 12.8 Å². The molecule has 90 valence electrons. The topological polar surface area (TPSA) is 39.9 Å². The number of hydrogen-bond donors (Lipinski definition) is 0. The molecule has 0 saturated carbocycles. The maximum Gasteiger partial charge on any atom is 0.146 e. The summed E-state index contributed by atoms with van der Waals surface area (Å²) >= 11 is 3.30. The Hall–Kier alpha value is -1.15. The number of hydrogen-bond acceptors (Lipinski definition) is 3. The number of nitrogens with zero attached hydrogens (tertiary/aromatic N) is 3. The largest absolute Gasteiger partial charge is 0.356 e. The van der Waals surface area contributed by atoms with E-state index in [1.807, 2.05) is 0 Å². The number of halogens is 2. The molecule has 1 fully saturated rings. The van der Waals surface area contributed by atoms with E-state index in [4.69, 9.17) is 5.26 Å². The van der Waals surface area contributed by atoms with E-state index in [9.17, 15) is 4.39 Å². The van der Waals surface area contributed by atoms with Crippen LogP contribution in [0.2, 0.25) is 0 Å². The zero-order valence-electron chi connectivity index (χ0n) is 9.37. The van der Waals surface area contributed by atoms with Gasteiger partial charge < -0.3 is 4.90 Å². The van der Waals surface area contributed by atoms with E-state index in [0.717, 1.165) is 30.4 Å². The Morgan fingerprint density at radius 2 is 2.24 bits per heavy atom. The van der Waals surface area contributed by atoms with Gasteiger partial charge >= 0.3 is 0 Å². The second-order valence-corrected chi connectivity index (χ2v) is 5.14. The predicted octanol–water partition coefficient (Wildman–Crippen LogP) is 2.90. The highest BCUT2D eigenvalue weighted by Gasteiger charge is 2.21. The molecule has 0 aliphatic carbocycles. The molecule has 0 spiro atoms. The minimum atomic E-state index is -0.243. The SMILES string of the molecule is N#Cc1cc(Br)cnc1N1CCC(CF)CC1. The summed E-state index contributed by atoms with van der Waals surface area (Å²) in [5.74, 6) is 0.889. The molecule has 2 heterocycles. The predicted molar refractivity (Wildman–Crippen MR) is 67.6 cm³/mol. The van der Waals surface area contributed by atoms with E-state index in [2.05, 4.69) is 31.9 Å². The number of pyridine rings is 1. The monoisotopic (exact) mass is 297 g/mol. The van der Waals surface area contributed by atoms with E-state index in [0.29, 0.717) is 11.4 Å². The van der Waals surface area contributed by atoms with Crippen molar-refractivity contribution in [3.63, 3.8) is 0 Å². The standard InChI is InChI=1S/C12H13BrFN3/c13-11-5-10(7-15)12(16-8-11)17-3-1-9(6-14)2-4-17/h5,8-9H,1-4,6H2. The smallest absolute Gasteiger partial charge is 0.146 e. The molecule has 5 heteroatoms. The van der Waals surface area contributed by atoms with Gasteiger partial charge in [0.15, 0.2) is 0 Å². The summed E-state index contributed by atoms with van der Waals surface area (Å²) in [7, 11) is 0. The van der Waals surface area contributed by atoms with Crippen molar-refractivity contribution in [1.29, 1.82) is 5.26 Å². The summed E-state index contributed by atoms with van der Waals surface area (Å²) in [6.45, 7) is 1.31. The van der Waals surface area contributed by atoms with Gasteiger partial charge in [0, 0.05) is 23.8 Å². The third-order valence-electron chi connectivity index (χ3n) is 3.09. The zero-order chi connectivity index (χ0) is 12.3. The van der Waals surface area contributed by atoms with Crippen molar-refractivity contribution in [3.05, 3.63) is 22.3 Å². The van der Waals surface area contributed by atoms with Crippen LogP contribution in [0.4, 0.5) is 10.2 Å². The molecule has 2 rings (SSSR count). The third kappa shape index (κ3) is 2.75. The highest BCUT2D eigenvalue weighted by Crippen LogP contribution is 2.26. The Bertz CT molecular complexity index is 436. The Morgan fingerprint density at radius 1 is 1.53 bits per heavy atom. The minimum absolute atomic E-state index is 0.173. The van der Waals surface area contributed by atoms with Crippen LogP contribution in [-0.4, -0.2) is 24.7 Å². The van der Waals surface area contributed by atoms with Gasteiger partial charge in [0.2, 0.25) is 0 Å². The van der Waals surface area contributed by atoms with Crippen LogP contribution < -0.4 is 4.90 Å². The molecule has 1 aromatic heterocycles. The van der Waals surface area contributed by atoms with Gasteiger partial charge in [0.05, 0.1) is 12.2 Å². The lowest BCUT2D eigenvalue weighted by atomic mass is 9.98. The van der Waals surface area contributed by atoms with Gasteiger partial charge in [-0.3, -0.25) is 4.39 Å². The Kier molecular flexibility index (Phi) is 3.95. The molecular formula is C12H13BrFN3. The van der Waals surface area contributed by atoms with Gasteiger partial charge in [-0.2, -0.15) is 5.26 Å². The summed E-state index contributed by atoms with van der Waals surface area (Å²) in [6, 6.07) is 3.92. The third-order valence-corrected chi connectivity index (χ3v) is 3.52. The van der Waals surface area contributed by atoms with Crippen molar-refractivity contribution in [1.82, 2.24) is 4.98 Å². The summed E-state index contributed by atoms with van der Waals surface area (Å²) < 4.78 is 13.3. The highest BCUT2D eigenvalue weighted by atomic mass is 79.9. The first-order valence-corrected chi connectivity index (χ1v) is 6.40. The van der Waals surface area contributed by atoms with Crippen LogP contribution in [0.5, 0.6) is 0 Å². The summed E-state index contributed by atoms with van der Waals surface area (Å²) in [5, 5.41) is 9.07. The molecule has 0 radical (unpaired) electrons. The Morgan fingerprint density at radius 3 is 2.82 bits per heavy atom. The van der Waals surface area contributed by atoms with Crippen LogP contribution in [0.25, 0.3) is 0 Å². The number of piperidine rings is 1. The summed E-state index contributed by atoms with van der Waals surface area (Å²) in [5.41, 5.74) is 0.568. The molecule has 1 aliphatic rings. The van der Waals surface area contributed by atoms with Crippen LogP contribution in [0.15, 0.2) is 16.7 Å². The lowest BCUT2D eigenvalue weighted by Gasteiger charge is -2.32. The molecule has 1 aliphatic heterocycles. The van der Waals surface area contributed by atoms with Crippen molar-refractivity contribution < 1.29 is 4.39 Å². The average molecular weight is 298 g/mol. The molecular weight excluding hydrogens is 285 g/mol. The fourth-order valence-electron chi connectivity index (χ4n) is 2.07. The molecule has 0 N–H and O–H groups in total. The zero-order valence-corrected chi connectivity index (χ0v) is 11.0. The van der Waals surface area contributed by atoms with Crippen LogP contribution in [-0.2, 0) is 0 Å². The Labute approximate surface area is 108 Å². The number of alkyl halides is 1. The van der Waals surface area contributed by atoms with E-state index in [-0.39, 0.29) is 12.6 Å². The molecule has 0 amide bonds. The van der Waals surface area contributed by atoms with Crippen LogP contribution in [0, 0.1) is 17.2 Å². The quantitative estimate of drug-likeness (QED) is 0.843. The lowest BCUT2D eigenvalue weighted by molar-refractivity contribution is 0.307. The van der Waals surface area contributed by atoms with E-state index < -0.39 is 0 Å². The first kappa shape index (κ1) is 12.3. The lowest BCUT2D eigenvalue weighted by Crippen LogP contribution is -2.35. The average Bonchev–Trinajstić information content (AvgIpc) is 2.39. The molecule has 0 atom stereocenters. The van der Waals surface area contributed by atoms with E-state index >= 15 is 0 Å². The molecule has 17 heavy (non-hydrogen) atoms. The van der Waals surface area contributed by atoms with Gasteiger partial charge in [-0.15, -0.1) is 0 Å².